The SMILES string of the molecule is COc1ccc(Cl)cc1C(=O)N1CCC[C@@H]1[C@@H]1CCCN1C. The molecule has 22 heavy (non-hydrogen) atoms. The molecule has 1 aromatic carbocycles. The Morgan fingerprint density at radius 3 is 2.64 bits per heavy atom. The number of nitrogens with zero attached hydrogens (tertiary/aromatic N) is 2. The zero-order valence-electron chi connectivity index (χ0n) is 13.2. The Bertz CT molecular complexity index is 564. The van der Waals surface area contributed by atoms with Crippen molar-refractivity contribution >= 4 is 17.5 Å². The predicted octanol–water partition coefficient (Wildman–Crippen LogP) is 3.05. The molecule has 0 unspecified atom stereocenters. The monoisotopic (exact) mass is 322 g/mol. The van der Waals surface area contributed by atoms with Crippen LogP contribution >= 0.6 is 11.6 Å². The van der Waals surface area contributed by atoms with Crippen molar-refractivity contribution in [3.8, 4) is 5.75 Å². The first-order chi connectivity index (χ1) is 10.6. The van der Waals surface area contributed by atoms with Crippen molar-refractivity contribution in [3.05, 3.63) is 28.8 Å². The minimum atomic E-state index is 0.0437. The Balaban J connectivity index is 1.86. The van der Waals surface area contributed by atoms with Crippen molar-refractivity contribution in [2.75, 3.05) is 27.2 Å². The summed E-state index contributed by atoms with van der Waals surface area (Å²) in [5.41, 5.74) is 0.572. The van der Waals surface area contributed by atoms with Crippen molar-refractivity contribution in [3.63, 3.8) is 0 Å². The van der Waals surface area contributed by atoms with Gasteiger partial charge in [-0.1, -0.05) is 11.6 Å². The number of likely N-dealkylation sites (N-methyl/N-ethyl adjacent to an activating group) is 1. The standard InChI is InChI=1S/C17H23ClN2O2/c1-19-9-3-5-14(19)15-6-4-10-20(15)17(21)13-11-12(18)7-8-16(13)22-2/h7-8,11,14-15H,3-6,9-10H2,1-2H3/t14-,15+/m0/s1. The summed E-state index contributed by atoms with van der Waals surface area (Å²) in [7, 11) is 3.75. The molecular formula is C17H23ClN2O2. The molecule has 1 aromatic rings. The zero-order chi connectivity index (χ0) is 15.7. The number of ether oxygens (including phenoxy) is 1. The quantitative estimate of drug-likeness (QED) is 0.857. The topological polar surface area (TPSA) is 32.8 Å². The number of likely N-dealkylation sites (tertiary alicyclic amines) is 2. The molecule has 0 saturated carbocycles. The van der Waals surface area contributed by atoms with E-state index in [1.807, 2.05) is 4.90 Å². The number of carbonyl (C=O) groups excluding carboxylic acids is 1. The number of benzene rings is 1. The van der Waals surface area contributed by atoms with E-state index in [0.29, 0.717) is 28.4 Å². The minimum Gasteiger partial charge on any atom is -0.496 e. The number of halogens is 1. The third-order valence-corrected chi connectivity index (χ3v) is 5.21. The molecule has 0 aromatic heterocycles. The summed E-state index contributed by atoms with van der Waals surface area (Å²) in [4.78, 5) is 17.4. The van der Waals surface area contributed by atoms with Gasteiger partial charge in [-0.15, -0.1) is 0 Å². The van der Waals surface area contributed by atoms with Gasteiger partial charge >= 0.3 is 0 Å². The van der Waals surface area contributed by atoms with E-state index in [1.165, 1.54) is 12.8 Å². The zero-order valence-corrected chi connectivity index (χ0v) is 14.0. The molecule has 0 spiro atoms. The summed E-state index contributed by atoms with van der Waals surface area (Å²) in [5.74, 6) is 0.641. The van der Waals surface area contributed by atoms with Gasteiger partial charge in [0.05, 0.1) is 12.7 Å². The second-order valence-electron chi connectivity index (χ2n) is 6.24. The van der Waals surface area contributed by atoms with E-state index in [0.717, 1.165) is 25.9 Å². The minimum absolute atomic E-state index is 0.0437. The van der Waals surface area contributed by atoms with E-state index in [2.05, 4.69) is 11.9 Å². The Morgan fingerprint density at radius 2 is 1.95 bits per heavy atom. The number of hydrogen-bond donors (Lipinski definition) is 0. The van der Waals surface area contributed by atoms with Gasteiger partial charge in [-0.3, -0.25) is 4.79 Å². The van der Waals surface area contributed by atoms with E-state index in [9.17, 15) is 4.79 Å². The lowest BCUT2D eigenvalue weighted by molar-refractivity contribution is 0.0661. The van der Waals surface area contributed by atoms with Gasteiger partial charge in [-0.05, 0) is 57.5 Å². The molecule has 1 amide bonds. The fourth-order valence-electron chi connectivity index (χ4n) is 3.87. The van der Waals surface area contributed by atoms with Crippen molar-refractivity contribution < 1.29 is 9.53 Å². The lowest BCUT2D eigenvalue weighted by Gasteiger charge is -2.33. The van der Waals surface area contributed by atoms with Gasteiger partial charge in [0, 0.05) is 23.7 Å². The van der Waals surface area contributed by atoms with Gasteiger partial charge in [0.1, 0.15) is 5.75 Å². The van der Waals surface area contributed by atoms with Gasteiger partial charge in [0.15, 0.2) is 0 Å². The van der Waals surface area contributed by atoms with E-state index >= 15 is 0 Å². The maximum Gasteiger partial charge on any atom is 0.257 e. The predicted molar refractivity (Wildman–Crippen MR) is 87.7 cm³/mol. The molecule has 0 N–H and O–H groups in total. The van der Waals surface area contributed by atoms with Crippen molar-refractivity contribution in [2.45, 2.75) is 37.8 Å². The lowest BCUT2D eigenvalue weighted by Crippen LogP contribution is -2.47. The van der Waals surface area contributed by atoms with Gasteiger partial charge < -0.3 is 14.5 Å². The average molecular weight is 323 g/mol. The molecule has 5 heteroatoms. The van der Waals surface area contributed by atoms with Gasteiger partial charge in [-0.25, -0.2) is 0 Å². The fraction of sp³-hybridized carbons (Fsp3) is 0.588. The van der Waals surface area contributed by atoms with Crippen LogP contribution in [-0.2, 0) is 0 Å². The summed E-state index contributed by atoms with van der Waals surface area (Å²) in [5, 5.41) is 0.567. The van der Waals surface area contributed by atoms with E-state index in [-0.39, 0.29) is 5.91 Å². The number of methoxy groups -OCH3 is 1. The highest BCUT2D eigenvalue weighted by Crippen LogP contribution is 2.32. The van der Waals surface area contributed by atoms with Crippen molar-refractivity contribution in [1.29, 1.82) is 0 Å². The van der Waals surface area contributed by atoms with Crippen LogP contribution in [0.25, 0.3) is 0 Å². The van der Waals surface area contributed by atoms with Crippen molar-refractivity contribution in [1.82, 2.24) is 9.80 Å². The van der Waals surface area contributed by atoms with Crippen LogP contribution in [0.1, 0.15) is 36.0 Å². The highest BCUT2D eigenvalue weighted by atomic mass is 35.5. The lowest BCUT2D eigenvalue weighted by atomic mass is 10.0. The van der Waals surface area contributed by atoms with Crippen LogP contribution in [0.15, 0.2) is 18.2 Å². The van der Waals surface area contributed by atoms with Crippen LogP contribution in [0.3, 0.4) is 0 Å². The van der Waals surface area contributed by atoms with Crippen LogP contribution in [-0.4, -0.2) is 55.0 Å². The molecule has 2 aliphatic heterocycles. The third-order valence-electron chi connectivity index (χ3n) is 4.97. The third kappa shape index (κ3) is 2.82. The summed E-state index contributed by atoms with van der Waals surface area (Å²) in [6.07, 6.45) is 4.56. The average Bonchev–Trinajstić information content (AvgIpc) is 3.14. The van der Waals surface area contributed by atoms with E-state index < -0.39 is 0 Å². The molecule has 0 bridgehead atoms. The molecule has 120 valence electrons. The summed E-state index contributed by atoms with van der Waals surface area (Å²) in [6.45, 7) is 1.95. The second-order valence-corrected chi connectivity index (χ2v) is 6.68. The Hall–Kier alpha value is -1.26. The molecule has 3 rings (SSSR count). The van der Waals surface area contributed by atoms with Gasteiger partial charge in [0.2, 0.25) is 0 Å². The molecule has 0 aliphatic carbocycles. The first-order valence-corrected chi connectivity index (χ1v) is 8.34. The van der Waals surface area contributed by atoms with Crippen LogP contribution in [0, 0.1) is 0 Å². The van der Waals surface area contributed by atoms with Crippen LogP contribution in [0.5, 0.6) is 5.75 Å². The molecule has 2 atom stereocenters. The number of amides is 1. The molecule has 4 nitrogen and oxygen atoms in total. The summed E-state index contributed by atoms with van der Waals surface area (Å²) in [6, 6.07) is 6.03. The largest absolute Gasteiger partial charge is 0.496 e. The molecule has 2 heterocycles. The van der Waals surface area contributed by atoms with Gasteiger partial charge in [0.25, 0.3) is 5.91 Å². The number of hydrogen-bond acceptors (Lipinski definition) is 3. The second kappa shape index (κ2) is 6.47. The Labute approximate surface area is 137 Å². The first-order valence-electron chi connectivity index (χ1n) is 7.96. The summed E-state index contributed by atoms with van der Waals surface area (Å²) < 4.78 is 5.35. The molecule has 2 saturated heterocycles. The molecule has 2 fully saturated rings. The maximum absolute atomic E-state index is 13.0. The molecule has 2 aliphatic rings. The smallest absolute Gasteiger partial charge is 0.257 e. The first kappa shape index (κ1) is 15.6. The van der Waals surface area contributed by atoms with Crippen LogP contribution < -0.4 is 4.74 Å². The van der Waals surface area contributed by atoms with Crippen LogP contribution in [0.2, 0.25) is 5.02 Å². The number of carbonyl (C=O) groups is 1. The normalized spacial score (nSPS) is 25.7. The van der Waals surface area contributed by atoms with E-state index in [1.54, 1.807) is 25.3 Å². The van der Waals surface area contributed by atoms with Gasteiger partial charge in [-0.2, -0.15) is 0 Å². The fourth-order valence-corrected chi connectivity index (χ4v) is 4.04. The summed E-state index contributed by atoms with van der Waals surface area (Å²) >= 11 is 6.08. The number of rotatable bonds is 3. The molecule has 0 radical (unpaired) electrons. The van der Waals surface area contributed by atoms with Crippen LogP contribution in [0.4, 0.5) is 0 Å². The highest BCUT2D eigenvalue weighted by Gasteiger charge is 2.39. The maximum atomic E-state index is 13.0. The highest BCUT2D eigenvalue weighted by molar-refractivity contribution is 6.31. The Morgan fingerprint density at radius 1 is 1.23 bits per heavy atom. The molecular weight excluding hydrogens is 300 g/mol. The van der Waals surface area contributed by atoms with E-state index in [4.69, 9.17) is 16.3 Å². The Kier molecular flexibility index (Phi) is 4.59. The van der Waals surface area contributed by atoms with Crippen molar-refractivity contribution in [2.24, 2.45) is 0 Å².